The summed E-state index contributed by atoms with van der Waals surface area (Å²) in [4.78, 5) is 11.9. The van der Waals surface area contributed by atoms with Gasteiger partial charge in [-0.1, -0.05) is 39.0 Å². The smallest absolute Gasteiger partial charge is 0.178 e. The summed E-state index contributed by atoms with van der Waals surface area (Å²) >= 11 is 0. The number of aliphatic hydroxyl groups excluding tert-OH is 1. The summed E-state index contributed by atoms with van der Waals surface area (Å²) in [5.41, 5.74) is 0. The average molecular weight is 298 g/mol. The standard InChI is InChI=1S/C15H22O4S/c1-11(2)15(17)14(16)9-12(3)10-20(18,19)13-7-5-4-6-8-13/h4-8,11-12,14,16H,9-10H2,1-3H3/t12-,14+/m0/s1. The van der Waals surface area contributed by atoms with E-state index >= 15 is 0 Å². The molecule has 0 aliphatic rings. The third kappa shape index (κ3) is 4.72. The molecule has 0 aromatic heterocycles. The van der Waals surface area contributed by atoms with Gasteiger partial charge in [0.15, 0.2) is 15.6 Å². The van der Waals surface area contributed by atoms with Gasteiger partial charge in [0.25, 0.3) is 0 Å². The lowest BCUT2D eigenvalue weighted by Crippen LogP contribution is -2.28. The van der Waals surface area contributed by atoms with Crippen molar-refractivity contribution in [1.29, 1.82) is 0 Å². The molecule has 4 nitrogen and oxygen atoms in total. The molecule has 112 valence electrons. The predicted molar refractivity (Wildman–Crippen MR) is 78.1 cm³/mol. The van der Waals surface area contributed by atoms with Crippen molar-refractivity contribution in [1.82, 2.24) is 0 Å². The van der Waals surface area contributed by atoms with Gasteiger partial charge in [0.05, 0.1) is 10.6 Å². The minimum absolute atomic E-state index is 0.0700. The first-order chi connectivity index (χ1) is 9.24. The number of benzene rings is 1. The van der Waals surface area contributed by atoms with Gasteiger partial charge in [-0.05, 0) is 24.5 Å². The third-order valence-corrected chi connectivity index (χ3v) is 5.13. The maximum Gasteiger partial charge on any atom is 0.178 e. The van der Waals surface area contributed by atoms with Crippen molar-refractivity contribution in [3.05, 3.63) is 30.3 Å². The van der Waals surface area contributed by atoms with Crippen LogP contribution in [0.15, 0.2) is 35.2 Å². The largest absolute Gasteiger partial charge is 0.385 e. The van der Waals surface area contributed by atoms with Crippen molar-refractivity contribution in [2.45, 2.75) is 38.2 Å². The van der Waals surface area contributed by atoms with Gasteiger partial charge >= 0.3 is 0 Å². The van der Waals surface area contributed by atoms with Gasteiger partial charge in [-0.15, -0.1) is 0 Å². The van der Waals surface area contributed by atoms with Crippen LogP contribution in [0.2, 0.25) is 0 Å². The predicted octanol–water partition coefficient (Wildman–Crippen LogP) is 2.07. The lowest BCUT2D eigenvalue weighted by atomic mass is 9.97. The zero-order chi connectivity index (χ0) is 15.3. The van der Waals surface area contributed by atoms with E-state index < -0.39 is 15.9 Å². The molecule has 0 unspecified atom stereocenters. The van der Waals surface area contributed by atoms with Gasteiger partial charge in [-0.25, -0.2) is 8.42 Å². The van der Waals surface area contributed by atoms with Crippen molar-refractivity contribution in [2.24, 2.45) is 11.8 Å². The molecular formula is C15H22O4S. The van der Waals surface area contributed by atoms with Gasteiger partial charge in [0.2, 0.25) is 0 Å². The Labute approximate surface area is 120 Å². The molecule has 20 heavy (non-hydrogen) atoms. The van der Waals surface area contributed by atoms with Crippen LogP contribution in [-0.2, 0) is 14.6 Å². The Morgan fingerprint density at radius 1 is 1.15 bits per heavy atom. The van der Waals surface area contributed by atoms with Gasteiger partial charge in [0, 0.05) is 5.92 Å². The number of aliphatic hydroxyl groups is 1. The molecule has 0 bridgehead atoms. The Hall–Kier alpha value is -1.20. The topological polar surface area (TPSA) is 71.4 Å². The molecule has 0 aliphatic heterocycles. The van der Waals surface area contributed by atoms with E-state index in [1.165, 1.54) is 0 Å². The monoisotopic (exact) mass is 298 g/mol. The lowest BCUT2D eigenvalue weighted by molar-refractivity contribution is -0.130. The quantitative estimate of drug-likeness (QED) is 0.836. The first kappa shape index (κ1) is 16.9. The number of Topliss-reactive ketones (excluding diaryl/α,β-unsaturated/α-hetero) is 1. The van der Waals surface area contributed by atoms with E-state index in [-0.39, 0.29) is 34.7 Å². The summed E-state index contributed by atoms with van der Waals surface area (Å²) in [6.45, 7) is 5.17. The molecule has 0 saturated carbocycles. The van der Waals surface area contributed by atoms with Crippen molar-refractivity contribution in [2.75, 3.05) is 5.75 Å². The molecule has 1 N–H and O–H groups in total. The van der Waals surface area contributed by atoms with E-state index in [0.717, 1.165) is 0 Å². The minimum atomic E-state index is -3.37. The SMILES string of the molecule is CC(C)C(=O)[C@H](O)C[C@H](C)CS(=O)(=O)c1ccccc1. The Morgan fingerprint density at radius 2 is 1.70 bits per heavy atom. The number of hydrogen-bond acceptors (Lipinski definition) is 4. The molecule has 0 radical (unpaired) electrons. The van der Waals surface area contributed by atoms with E-state index in [4.69, 9.17) is 0 Å². The molecular weight excluding hydrogens is 276 g/mol. The Bertz CT molecular complexity index is 534. The van der Waals surface area contributed by atoms with E-state index in [0.29, 0.717) is 0 Å². The Balaban J connectivity index is 2.67. The number of ketones is 1. The highest BCUT2D eigenvalue weighted by molar-refractivity contribution is 7.91. The summed E-state index contributed by atoms with van der Waals surface area (Å²) < 4.78 is 24.3. The molecule has 1 aromatic carbocycles. The van der Waals surface area contributed by atoms with E-state index in [1.807, 2.05) is 0 Å². The second-order valence-electron chi connectivity index (χ2n) is 5.51. The van der Waals surface area contributed by atoms with E-state index in [2.05, 4.69) is 0 Å². The van der Waals surface area contributed by atoms with Gasteiger partial charge in [-0.2, -0.15) is 0 Å². The summed E-state index contributed by atoms with van der Waals surface area (Å²) in [5.74, 6) is -0.839. The van der Waals surface area contributed by atoms with Crippen LogP contribution >= 0.6 is 0 Å². The molecule has 0 aliphatic carbocycles. The zero-order valence-corrected chi connectivity index (χ0v) is 12.9. The van der Waals surface area contributed by atoms with Crippen molar-refractivity contribution >= 4 is 15.6 Å². The molecule has 0 saturated heterocycles. The van der Waals surface area contributed by atoms with Gasteiger partial charge in [-0.3, -0.25) is 4.79 Å². The molecule has 1 rings (SSSR count). The maximum absolute atomic E-state index is 12.2. The maximum atomic E-state index is 12.2. The fourth-order valence-corrected chi connectivity index (χ4v) is 3.70. The van der Waals surface area contributed by atoms with Crippen LogP contribution in [-0.4, -0.2) is 31.2 Å². The molecule has 0 heterocycles. The number of sulfone groups is 1. The normalized spacial score (nSPS) is 15.1. The molecule has 2 atom stereocenters. The van der Waals surface area contributed by atoms with Crippen LogP contribution < -0.4 is 0 Å². The van der Waals surface area contributed by atoms with Crippen molar-refractivity contribution in [3.8, 4) is 0 Å². The van der Waals surface area contributed by atoms with Crippen LogP contribution in [0.3, 0.4) is 0 Å². The van der Waals surface area contributed by atoms with E-state index in [9.17, 15) is 18.3 Å². The minimum Gasteiger partial charge on any atom is -0.385 e. The van der Waals surface area contributed by atoms with Crippen molar-refractivity contribution in [3.63, 3.8) is 0 Å². The summed E-state index contributed by atoms with van der Waals surface area (Å²) in [5, 5.41) is 9.78. The summed E-state index contributed by atoms with van der Waals surface area (Å²) in [7, 11) is -3.37. The fraction of sp³-hybridized carbons (Fsp3) is 0.533. The zero-order valence-electron chi connectivity index (χ0n) is 12.1. The molecule has 0 fully saturated rings. The molecule has 0 spiro atoms. The van der Waals surface area contributed by atoms with Gasteiger partial charge in [0.1, 0.15) is 6.10 Å². The fourth-order valence-electron chi connectivity index (χ4n) is 2.05. The van der Waals surface area contributed by atoms with Crippen molar-refractivity contribution < 1.29 is 18.3 Å². The highest BCUT2D eigenvalue weighted by Gasteiger charge is 2.24. The van der Waals surface area contributed by atoms with E-state index in [1.54, 1.807) is 51.1 Å². The van der Waals surface area contributed by atoms with Gasteiger partial charge < -0.3 is 5.11 Å². The summed E-state index contributed by atoms with van der Waals surface area (Å²) in [6, 6.07) is 8.21. The lowest BCUT2D eigenvalue weighted by Gasteiger charge is -2.17. The van der Waals surface area contributed by atoms with Crippen LogP contribution in [0.25, 0.3) is 0 Å². The van der Waals surface area contributed by atoms with Crippen LogP contribution in [0, 0.1) is 11.8 Å². The van der Waals surface area contributed by atoms with Crippen LogP contribution in [0.5, 0.6) is 0 Å². The number of carbonyl (C=O) groups excluding carboxylic acids is 1. The second-order valence-corrected chi connectivity index (χ2v) is 7.54. The molecule has 0 amide bonds. The second kappa shape index (κ2) is 6.99. The molecule has 1 aromatic rings. The first-order valence-corrected chi connectivity index (χ1v) is 8.39. The van der Waals surface area contributed by atoms with Crippen LogP contribution in [0.4, 0.5) is 0 Å². The Kier molecular flexibility index (Phi) is 5.89. The molecule has 5 heteroatoms. The third-order valence-electron chi connectivity index (χ3n) is 3.13. The average Bonchev–Trinajstić information content (AvgIpc) is 2.37. The highest BCUT2D eigenvalue weighted by atomic mass is 32.2. The number of rotatable bonds is 7. The summed E-state index contributed by atoms with van der Waals surface area (Å²) in [6.07, 6.45) is -0.917. The first-order valence-electron chi connectivity index (χ1n) is 6.73. The highest BCUT2D eigenvalue weighted by Crippen LogP contribution is 2.18. The van der Waals surface area contributed by atoms with Crippen LogP contribution in [0.1, 0.15) is 27.2 Å². The Morgan fingerprint density at radius 3 is 2.20 bits per heavy atom. The number of hydrogen-bond donors (Lipinski definition) is 1. The number of carbonyl (C=O) groups is 1.